The number of carbonyl (C=O) groups excluding carboxylic acids is 1. The van der Waals surface area contributed by atoms with Crippen LogP contribution in [0.25, 0.3) is 11.4 Å². The van der Waals surface area contributed by atoms with Gasteiger partial charge in [0.25, 0.3) is 10.0 Å². The van der Waals surface area contributed by atoms with E-state index in [4.69, 9.17) is 16.1 Å². The summed E-state index contributed by atoms with van der Waals surface area (Å²) in [6.45, 7) is 4.00. The Hall–Kier alpha value is -2.27. The van der Waals surface area contributed by atoms with Crippen LogP contribution in [0.3, 0.4) is 0 Å². The molecule has 3 aromatic rings. The van der Waals surface area contributed by atoms with Crippen molar-refractivity contribution < 1.29 is 17.7 Å². The zero-order valence-corrected chi connectivity index (χ0v) is 19.4. The molecule has 1 aliphatic rings. The Morgan fingerprint density at radius 3 is 2.90 bits per heavy atom. The lowest BCUT2D eigenvalue weighted by molar-refractivity contribution is -0.120. The Labute approximate surface area is 189 Å². The number of nitrogens with one attached hydrogen (secondary N) is 1. The third-order valence-corrected chi connectivity index (χ3v) is 8.93. The lowest BCUT2D eigenvalue weighted by Crippen LogP contribution is -2.43. The van der Waals surface area contributed by atoms with Crippen LogP contribution in [0.2, 0.25) is 5.02 Å². The summed E-state index contributed by atoms with van der Waals surface area (Å²) < 4.78 is 32.9. The predicted octanol–water partition coefficient (Wildman–Crippen LogP) is 4.11. The minimum Gasteiger partial charge on any atom is -0.339 e. The smallest absolute Gasteiger partial charge is 0.252 e. The largest absolute Gasteiger partial charge is 0.339 e. The molecule has 1 aromatic carbocycles. The van der Waals surface area contributed by atoms with E-state index >= 15 is 0 Å². The Morgan fingerprint density at radius 2 is 2.16 bits per heavy atom. The summed E-state index contributed by atoms with van der Waals surface area (Å²) in [6, 6.07) is 6.85. The van der Waals surface area contributed by atoms with Gasteiger partial charge >= 0.3 is 0 Å². The molecule has 1 atom stereocenters. The second kappa shape index (κ2) is 8.70. The molecule has 1 unspecified atom stereocenters. The van der Waals surface area contributed by atoms with Gasteiger partial charge in [-0.1, -0.05) is 22.8 Å². The summed E-state index contributed by atoms with van der Waals surface area (Å²) in [7, 11) is -3.73. The zero-order chi connectivity index (χ0) is 22.2. The Morgan fingerprint density at radius 1 is 1.35 bits per heavy atom. The van der Waals surface area contributed by atoms with Gasteiger partial charge in [-0.2, -0.15) is 9.29 Å². The third-order valence-electron chi connectivity index (χ3n) is 5.24. The molecule has 0 radical (unpaired) electrons. The first-order chi connectivity index (χ1) is 14.8. The van der Waals surface area contributed by atoms with Crippen molar-refractivity contribution in [1.82, 2.24) is 14.4 Å². The van der Waals surface area contributed by atoms with Crippen LogP contribution < -0.4 is 5.32 Å². The molecule has 0 aliphatic carbocycles. The summed E-state index contributed by atoms with van der Waals surface area (Å²) in [6.07, 6.45) is 1.23. The predicted molar refractivity (Wildman–Crippen MR) is 119 cm³/mol. The van der Waals surface area contributed by atoms with Gasteiger partial charge in [-0.25, -0.2) is 8.42 Å². The number of benzene rings is 1. The van der Waals surface area contributed by atoms with E-state index in [1.807, 2.05) is 6.92 Å². The number of nitrogens with zero attached hydrogens (tertiary/aromatic N) is 3. The van der Waals surface area contributed by atoms with E-state index in [1.165, 1.54) is 4.31 Å². The van der Waals surface area contributed by atoms with Crippen molar-refractivity contribution in [1.29, 1.82) is 0 Å². The van der Waals surface area contributed by atoms with Gasteiger partial charge in [0.2, 0.25) is 17.6 Å². The van der Waals surface area contributed by atoms with Crippen molar-refractivity contribution in [3.8, 4) is 11.4 Å². The Bertz CT molecular complexity index is 1220. The SMILES string of the molecule is Cc1nc(-c2csc(S(=O)(=O)N3CCCC(C(=O)Nc4cccc(Cl)c4C)C3)c2)no1. The number of sulfonamides is 1. The highest BCUT2D eigenvalue weighted by Gasteiger charge is 2.34. The van der Waals surface area contributed by atoms with Crippen molar-refractivity contribution in [2.24, 2.45) is 5.92 Å². The minimum atomic E-state index is -3.73. The van der Waals surface area contributed by atoms with E-state index in [0.717, 1.165) is 16.9 Å². The molecule has 1 N–H and O–H groups in total. The average Bonchev–Trinajstić information content (AvgIpc) is 3.41. The number of amides is 1. The van der Waals surface area contributed by atoms with Crippen LogP contribution in [0.1, 0.15) is 24.3 Å². The number of aromatic nitrogens is 2. The van der Waals surface area contributed by atoms with Crippen molar-refractivity contribution in [2.75, 3.05) is 18.4 Å². The maximum atomic E-state index is 13.2. The quantitative estimate of drug-likeness (QED) is 0.589. The van der Waals surface area contributed by atoms with Gasteiger partial charge in [0.05, 0.1) is 5.92 Å². The van der Waals surface area contributed by atoms with Gasteiger partial charge in [-0.15, -0.1) is 11.3 Å². The number of hydrogen-bond acceptors (Lipinski definition) is 7. The number of halogens is 1. The topological polar surface area (TPSA) is 105 Å². The molecule has 3 heterocycles. The van der Waals surface area contributed by atoms with E-state index in [1.54, 1.807) is 36.6 Å². The lowest BCUT2D eigenvalue weighted by Gasteiger charge is -2.31. The molecule has 1 aliphatic heterocycles. The van der Waals surface area contributed by atoms with Gasteiger partial charge in [0.15, 0.2) is 0 Å². The summed E-state index contributed by atoms with van der Waals surface area (Å²) in [5.74, 6) is 0.106. The molecule has 2 aromatic heterocycles. The van der Waals surface area contributed by atoms with Gasteiger partial charge in [-0.05, 0) is 43.5 Å². The molecule has 0 spiro atoms. The fourth-order valence-electron chi connectivity index (χ4n) is 3.47. The van der Waals surface area contributed by atoms with Crippen molar-refractivity contribution in [3.63, 3.8) is 0 Å². The molecule has 1 fully saturated rings. The second-order valence-corrected chi connectivity index (χ2v) is 10.9. The average molecular weight is 481 g/mol. The maximum Gasteiger partial charge on any atom is 0.252 e. The standard InChI is InChI=1S/C20H21ClN4O4S2/c1-12-16(21)6-3-7-17(12)23-20(26)14-5-4-8-25(10-14)31(27,28)18-9-15(11-30-18)19-22-13(2)29-24-19/h3,6-7,9,11,14H,4-5,8,10H2,1-2H3,(H,23,26). The van der Waals surface area contributed by atoms with Crippen LogP contribution >= 0.6 is 22.9 Å². The number of thiophene rings is 1. The van der Waals surface area contributed by atoms with Crippen LogP contribution in [0, 0.1) is 19.8 Å². The van der Waals surface area contributed by atoms with E-state index < -0.39 is 15.9 Å². The van der Waals surface area contributed by atoms with Gasteiger partial charge < -0.3 is 9.84 Å². The highest BCUT2D eigenvalue weighted by Crippen LogP contribution is 2.32. The number of anilines is 1. The van der Waals surface area contributed by atoms with Crippen molar-refractivity contribution >= 4 is 44.6 Å². The lowest BCUT2D eigenvalue weighted by atomic mass is 9.98. The molecule has 1 amide bonds. The van der Waals surface area contributed by atoms with E-state index in [9.17, 15) is 13.2 Å². The molecular formula is C20H21ClN4O4S2. The zero-order valence-electron chi connectivity index (χ0n) is 17.0. The molecular weight excluding hydrogens is 460 g/mol. The van der Waals surface area contributed by atoms with Gasteiger partial charge in [-0.3, -0.25) is 4.79 Å². The number of aryl methyl sites for hydroxylation is 1. The van der Waals surface area contributed by atoms with Crippen LogP contribution in [-0.2, 0) is 14.8 Å². The van der Waals surface area contributed by atoms with Crippen LogP contribution in [-0.4, -0.2) is 41.9 Å². The summed E-state index contributed by atoms with van der Waals surface area (Å²) in [4.78, 5) is 17.0. The van der Waals surface area contributed by atoms with E-state index in [0.29, 0.717) is 47.4 Å². The first kappa shape index (κ1) is 21.9. The monoisotopic (exact) mass is 480 g/mol. The highest BCUT2D eigenvalue weighted by atomic mass is 35.5. The molecule has 8 nitrogen and oxygen atoms in total. The number of hydrogen-bond donors (Lipinski definition) is 1. The normalized spacial score (nSPS) is 17.6. The van der Waals surface area contributed by atoms with E-state index in [-0.39, 0.29) is 16.7 Å². The summed E-state index contributed by atoms with van der Waals surface area (Å²) in [5, 5.41) is 8.98. The third kappa shape index (κ3) is 4.52. The molecule has 4 rings (SSSR count). The molecule has 31 heavy (non-hydrogen) atoms. The molecule has 0 bridgehead atoms. The highest BCUT2D eigenvalue weighted by molar-refractivity contribution is 7.91. The Kier molecular flexibility index (Phi) is 6.16. The first-order valence-corrected chi connectivity index (χ1v) is 12.4. The van der Waals surface area contributed by atoms with E-state index in [2.05, 4.69) is 15.5 Å². The summed E-state index contributed by atoms with van der Waals surface area (Å²) in [5.41, 5.74) is 2.00. The van der Waals surface area contributed by atoms with Crippen molar-refractivity contribution in [3.05, 3.63) is 46.1 Å². The molecule has 164 valence electrons. The van der Waals surface area contributed by atoms with Crippen molar-refractivity contribution in [2.45, 2.75) is 30.9 Å². The maximum absolute atomic E-state index is 13.2. The number of carbonyl (C=O) groups is 1. The Balaban J connectivity index is 1.49. The molecule has 0 saturated carbocycles. The van der Waals surface area contributed by atoms with Crippen LogP contribution in [0.5, 0.6) is 0 Å². The minimum absolute atomic E-state index is 0.127. The molecule has 1 saturated heterocycles. The molecule has 11 heteroatoms. The van der Waals surface area contributed by atoms with Gasteiger partial charge in [0.1, 0.15) is 4.21 Å². The fourth-order valence-corrected chi connectivity index (χ4v) is 6.47. The number of piperidine rings is 1. The van der Waals surface area contributed by atoms with Crippen LogP contribution in [0.15, 0.2) is 38.4 Å². The summed E-state index contributed by atoms with van der Waals surface area (Å²) >= 11 is 7.23. The first-order valence-electron chi connectivity index (χ1n) is 9.71. The fraction of sp³-hybridized carbons (Fsp3) is 0.350. The second-order valence-electron chi connectivity index (χ2n) is 7.40. The number of rotatable bonds is 5. The van der Waals surface area contributed by atoms with Gasteiger partial charge in [0, 0.05) is 41.7 Å². The van der Waals surface area contributed by atoms with Crippen LogP contribution in [0.4, 0.5) is 5.69 Å².